The summed E-state index contributed by atoms with van der Waals surface area (Å²) in [5.74, 6) is -3.75. The van der Waals surface area contributed by atoms with Crippen LogP contribution in [0, 0.1) is 0 Å². The Bertz CT molecular complexity index is 657. The molecule has 0 aromatic carbocycles. The number of carboxylic acid groups (broad SMARTS) is 4. The van der Waals surface area contributed by atoms with Gasteiger partial charge < -0.3 is 36.9 Å². The second-order valence-corrected chi connectivity index (χ2v) is 24.3. The average molecular weight is 585 g/mol. The number of aliphatic carboxylic acids is 4. The van der Waals surface area contributed by atoms with Crippen LogP contribution in [0.3, 0.4) is 0 Å². The first-order chi connectivity index (χ1) is 16.5. The Morgan fingerprint density at radius 3 is 0.750 bits per heavy atom. The van der Waals surface area contributed by atoms with Gasteiger partial charge in [0.15, 0.2) is 0 Å². The smallest absolute Gasteiger partial charge is 0.317 e. The predicted molar refractivity (Wildman–Crippen MR) is 138 cm³/mol. The minimum absolute atomic E-state index is 0.0623. The molecule has 0 unspecified atom stereocenters. The van der Waals surface area contributed by atoms with Crippen LogP contribution in [0.5, 0.6) is 0 Å². The molecule has 1 aliphatic heterocycles. The monoisotopic (exact) mass is 584 g/mol. The second-order valence-electron chi connectivity index (χ2n) is 9.93. The first kappa shape index (κ1) is 32.6. The molecule has 1 heterocycles. The van der Waals surface area contributed by atoms with Gasteiger partial charge in [-0.3, -0.25) is 19.2 Å². The van der Waals surface area contributed by atoms with Crippen molar-refractivity contribution in [1.29, 1.82) is 0 Å². The van der Waals surface area contributed by atoms with E-state index in [9.17, 15) is 19.2 Å². The van der Waals surface area contributed by atoms with E-state index in [1.165, 1.54) is 0 Å². The molecule has 16 heteroatoms. The first-order valence-electron chi connectivity index (χ1n) is 12.2. The highest BCUT2D eigenvalue weighted by molar-refractivity contribution is 6.93. The van der Waals surface area contributed by atoms with Gasteiger partial charge >= 0.3 is 58.1 Å². The molecule has 0 aliphatic carbocycles. The van der Waals surface area contributed by atoms with Crippen molar-refractivity contribution < 1.29 is 56.1 Å². The highest BCUT2D eigenvalue weighted by Crippen LogP contribution is 2.39. The standard InChI is InChI=1S/C20H40O12Si4/c1-33(13-5-9-17(21)22)29-34(2,14-6-10-18(23)24)31-36(4,16-8-12-20(27)28)32-35(3,30-33)15-7-11-19(25)26/h5-16H2,1-4H3,(H,21,22)(H,23,24)(H,25,26)(H,27,28). The normalized spacial score (nSPS) is 30.8. The van der Waals surface area contributed by atoms with Crippen LogP contribution in [-0.2, 0) is 35.6 Å². The minimum Gasteiger partial charge on any atom is -0.481 e. The summed E-state index contributed by atoms with van der Waals surface area (Å²) in [6.07, 6.45) is 1.05. The molecular weight excluding hydrogens is 545 g/mol. The van der Waals surface area contributed by atoms with E-state index in [4.69, 9.17) is 36.9 Å². The van der Waals surface area contributed by atoms with Crippen molar-refractivity contribution in [3.05, 3.63) is 0 Å². The van der Waals surface area contributed by atoms with Gasteiger partial charge in [-0.25, -0.2) is 0 Å². The molecule has 1 rings (SSSR count). The summed E-state index contributed by atoms with van der Waals surface area (Å²) < 4.78 is 26.7. The highest BCUT2D eigenvalue weighted by Gasteiger charge is 2.56. The van der Waals surface area contributed by atoms with Crippen LogP contribution >= 0.6 is 0 Å². The van der Waals surface area contributed by atoms with E-state index < -0.39 is 58.1 Å². The van der Waals surface area contributed by atoms with Gasteiger partial charge in [0.05, 0.1) is 0 Å². The number of carboxylic acids is 4. The maximum Gasteiger partial charge on any atom is 0.317 e. The van der Waals surface area contributed by atoms with E-state index in [2.05, 4.69) is 0 Å². The van der Waals surface area contributed by atoms with Crippen LogP contribution in [0.15, 0.2) is 0 Å². The molecule has 0 radical (unpaired) electrons. The fourth-order valence-corrected chi connectivity index (χ4v) is 27.9. The number of hydrogen-bond donors (Lipinski definition) is 4. The molecule has 0 atom stereocenters. The largest absolute Gasteiger partial charge is 0.481 e. The summed E-state index contributed by atoms with van der Waals surface area (Å²) in [6, 6.07) is 1.47. The van der Waals surface area contributed by atoms with Crippen molar-refractivity contribution in [3.8, 4) is 0 Å². The summed E-state index contributed by atoms with van der Waals surface area (Å²) >= 11 is 0. The molecule has 1 fully saturated rings. The molecule has 1 saturated heterocycles. The SMILES string of the molecule is C[Si]1(CCCC(=O)O)O[Si](C)(CCCC(=O)O)O[Si](C)(CCCC(=O)O)O[Si](C)(CCCC(=O)O)O1. The van der Waals surface area contributed by atoms with Crippen LogP contribution in [0.2, 0.25) is 50.4 Å². The van der Waals surface area contributed by atoms with Crippen LogP contribution in [-0.4, -0.2) is 78.5 Å². The molecule has 0 saturated carbocycles. The maximum absolute atomic E-state index is 11.1. The molecule has 1 aliphatic rings. The molecule has 0 aromatic rings. The molecule has 36 heavy (non-hydrogen) atoms. The number of hydrogen-bond acceptors (Lipinski definition) is 8. The van der Waals surface area contributed by atoms with E-state index in [0.29, 0.717) is 49.9 Å². The zero-order chi connectivity index (χ0) is 27.6. The number of carbonyl (C=O) groups is 4. The zero-order valence-corrected chi connectivity index (χ0v) is 25.5. The van der Waals surface area contributed by atoms with Gasteiger partial charge in [0, 0.05) is 25.7 Å². The molecule has 4 N–H and O–H groups in total. The van der Waals surface area contributed by atoms with E-state index >= 15 is 0 Å². The lowest BCUT2D eigenvalue weighted by Crippen LogP contribution is -2.67. The summed E-state index contributed by atoms with van der Waals surface area (Å²) in [4.78, 5) is 44.5. The summed E-state index contributed by atoms with van der Waals surface area (Å²) in [6.45, 7) is 7.34. The fourth-order valence-electron chi connectivity index (χ4n) is 4.56. The summed E-state index contributed by atoms with van der Waals surface area (Å²) in [5, 5.41) is 36.5. The van der Waals surface area contributed by atoms with Gasteiger partial charge in [0.2, 0.25) is 0 Å². The van der Waals surface area contributed by atoms with Gasteiger partial charge in [-0.2, -0.15) is 0 Å². The van der Waals surface area contributed by atoms with E-state index in [1.54, 1.807) is 0 Å². The maximum atomic E-state index is 11.1. The Labute approximate surface area is 215 Å². The third kappa shape index (κ3) is 12.7. The Morgan fingerprint density at radius 1 is 0.444 bits per heavy atom. The molecule has 208 valence electrons. The second kappa shape index (κ2) is 13.9. The summed E-state index contributed by atoms with van der Waals surface area (Å²) in [7, 11) is -12.3. The van der Waals surface area contributed by atoms with Crippen LogP contribution in [0.25, 0.3) is 0 Å². The van der Waals surface area contributed by atoms with Gasteiger partial charge in [0.1, 0.15) is 0 Å². The molecule has 12 nitrogen and oxygen atoms in total. The van der Waals surface area contributed by atoms with Gasteiger partial charge in [0.25, 0.3) is 0 Å². The number of rotatable bonds is 16. The highest BCUT2D eigenvalue weighted by atomic mass is 28.5. The molecule has 0 spiro atoms. The lowest BCUT2D eigenvalue weighted by molar-refractivity contribution is -0.138. The van der Waals surface area contributed by atoms with Gasteiger partial charge in [-0.1, -0.05) is 0 Å². The lowest BCUT2D eigenvalue weighted by Gasteiger charge is -2.50. The quantitative estimate of drug-likeness (QED) is 0.192. The van der Waals surface area contributed by atoms with Crippen molar-refractivity contribution in [3.63, 3.8) is 0 Å². The van der Waals surface area contributed by atoms with E-state index in [-0.39, 0.29) is 25.7 Å². The van der Waals surface area contributed by atoms with Gasteiger partial charge in [-0.05, 0) is 76.0 Å². The summed E-state index contributed by atoms with van der Waals surface area (Å²) in [5.41, 5.74) is 0. The Kier molecular flexibility index (Phi) is 12.6. The predicted octanol–water partition coefficient (Wildman–Crippen LogP) is 3.81. The third-order valence-corrected chi connectivity index (χ3v) is 24.7. The molecule has 0 amide bonds. The van der Waals surface area contributed by atoms with E-state index in [1.807, 2.05) is 26.2 Å². The molecule has 0 bridgehead atoms. The van der Waals surface area contributed by atoms with Crippen molar-refractivity contribution in [1.82, 2.24) is 0 Å². The minimum atomic E-state index is -3.08. The van der Waals surface area contributed by atoms with Crippen molar-refractivity contribution >= 4 is 58.1 Å². The van der Waals surface area contributed by atoms with Crippen molar-refractivity contribution in [2.24, 2.45) is 0 Å². The lowest BCUT2D eigenvalue weighted by atomic mass is 10.3. The third-order valence-electron chi connectivity index (χ3n) is 5.81. The van der Waals surface area contributed by atoms with E-state index in [0.717, 1.165) is 0 Å². The molecular formula is C20H40O12Si4. The van der Waals surface area contributed by atoms with Gasteiger partial charge in [-0.15, -0.1) is 0 Å². The van der Waals surface area contributed by atoms with Crippen LogP contribution in [0.4, 0.5) is 0 Å². The van der Waals surface area contributed by atoms with Crippen LogP contribution < -0.4 is 0 Å². The fraction of sp³-hybridized carbons (Fsp3) is 0.800. The zero-order valence-electron chi connectivity index (χ0n) is 21.5. The Morgan fingerprint density at radius 2 is 0.611 bits per heavy atom. The molecule has 0 aromatic heterocycles. The first-order valence-corrected chi connectivity index (χ1v) is 22.3. The van der Waals surface area contributed by atoms with Crippen molar-refractivity contribution in [2.45, 2.75) is 102 Å². The van der Waals surface area contributed by atoms with Crippen molar-refractivity contribution in [2.75, 3.05) is 0 Å². The average Bonchev–Trinajstić information content (AvgIpc) is 2.64. The van der Waals surface area contributed by atoms with Crippen LogP contribution in [0.1, 0.15) is 51.4 Å². The Hall–Kier alpha value is -1.41. The topological polar surface area (TPSA) is 186 Å². The Balaban J connectivity index is 3.32.